The van der Waals surface area contributed by atoms with Crippen molar-refractivity contribution in [3.63, 3.8) is 0 Å². The van der Waals surface area contributed by atoms with Crippen molar-refractivity contribution >= 4 is 39.0 Å². The third-order valence-corrected chi connectivity index (χ3v) is 11.5. The van der Waals surface area contributed by atoms with E-state index in [1.807, 2.05) is 6.07 Å². The predicted octanol–water partition coefficient (Wildman–Crippen LogP) is 13.3. The molecule has 0 spiro atoms. The SMILES string of the molecule is CC1(C)c2ccccc2-c2c(N(c3ccc(-c4cccc5c4oc4ccccc45)cc3)c3cccc4c3C(C)(C)c3ccccc3-4)cccc21. The van der Waals surface area contributed by atoms with Crippen molar-refractivity contribution in [2.45, 2.75) is 38.5 Å². The standard InChI is InChI=1S/C48H37NO/c1-47(2)39-21-9-6-16-37(39)44-40(47)22-13-23-41(44)49(42-24-12-18-35-33-14-5-8-20-38(33)48(3,4)45(35)42)31-28-26-30(27-29-31)32-17-11-19-36-34-15-7-10-25-43(34)50-46(32)36/h5-29H,1-4H3. The Bertz CT molecular complexity index is 2650. The fourth-order valence-corrected chi connectivity index (χ4v) is 9.10. The minimum Gasteiger partial charge on any atom is -0.455 e. The van der Waals surface area contributed by atoms with E-state index in [2.05, 4.69) is 178 Å². The second-order valence-corrected chi connectivity index (χ2v) is 14.9. The number of anilines is 3. The van der Waals surface area contributed by atoms with Crippen LogP contribution in [-0.2, 0) is 10.8 Å². The summed E-state index contributed by atoms with van der Waals surface area (Å²) in [5, 5.41) is 2.29. The van der Waals surface area contributed by atoms with Crippen molar-refractivity contribution in [1.29, 1.82) is 0 Å². The number of nitrogens with zero attached hydrogens (tertiary/aromatic N) is 1. The van der Waals surface area contributed by atoms with Crippen LogP contribution >= 0.6 is 0 Å². The molecule has 10 rings (SSSR count). The van der Waals surface area contributed by atoms with Crippen LogP contribution in [0, 0.1) is 0 Å². The van der Waals surface area contributed by atoms with Gasteiger partial charge in [-0.1, -0.05) is 149 Å². The van der Waals surface area contributed by atoms with E-state index in [1.54, 1.807) is 0 Å². The number of hydrogen-bond donors (Lipinski definition) is 0. The molecule has 0 saturated heterocycles. The van der Waals surface area contributed by atoms with Gasteiger partial charge in [0.25, 0.3) is 0 Å². The van der Waals surface area contributed by atoms with Crippen LogP contribution in [0.15, 0.2) is 156 Å². The fourth-order valence-electron chi connectivity index (χ4n) is 9.10. The Morgan fingerprint density at radius 3 is 1.84 bits per heavy atom. The van der Waals surface area contributed by atoms with E-state index in [-0.39, 0.29) is 10.8 Å². The highest BCUT2D eigenvalue weighted by atomic mass is 16.3. The van der Waals surface area contributed by atoms with Gasteiger partial charge in [-0.2, -0.15) is 0 Å². The number of para-hydroxylation sites is 2. The van der Waals surface area contributed by atoms with E-state index in [1.165, 1.54) is 55.9 Å². The van der Waals surface area contributed by atoms with Crippen LogP contribution in [0.2, 0.25) is 0 Å². The van der Waals surface area contributed by atoms with E-state index in [0.29, 0.717) is 0 Å². The normalized spacial score (nSPS) is 14.7. The third-order valence-electron chi connectivity index (χ3n) is 11.5. The molecule has 0 unspecified atom stereocenters. The number of fused-ring (bicyclic) bond motifs is 9. The molecule has 50 heavy (non-hydrogen) atoms. The predicted molar refractivity (Wildman–Crippen MR) is 209 cm³/mol. The maximum Gasteiger partial charge on any atom is 0.143 e. The van der Waals surface area contributed by atoms with Gasteiger partial charge in [-0.05, 0) is 74.8 Å². The van der Waals surface area contributed by atoms with Crippen molar-refractivity contribution in [2.75, 3.05) is 4.90 Å². The summed E-state index contributed by atoms with van der Waals surface area (Å²) in [5.74, 6) is 0. The Labute approximate surface area is 293 Å². The first-order valence-electron chi connectivity index (χ1n) is 17.6. The van der Waals surface area contributed by atoms with Gasteiger partial charge in [0.15, 0.2) is 0 Å². The highest BCUT2D eigenvalue weighted by molar-refractivity contribution is 6.09. The van der Waals surface area contributed by atoms with E-state index in [4.69, 9.17) is 4.42 Å². The zero-order chi connectivity index (χ0) is 33.8. The molecule has 0 aliphatic heterocycles. The molecule has 1 aromatic heterocycles. The minimum absolute atomic E-state index is 0.100. The van der Waals surface area contributed by atoms with Gasteiger partial charge in [0.05, 0.1) is 11.4 Å². The summed E-state index contributed by atoms with van der Waals surface area (Å²) in [6.07, 6.45) is 0. The van der Waals surface area contributed by atoms with E-state index in [0.717, 1.165) is 38.8 Å². The monoisotopic (exact) mass is 643 g/mol. The van der Waals surface area contributed by atoms with Crippen molar-refractivity contribution < 1.29 is 4.42 Å². The lowest BCUT2D eigenvalue weighted by atomic mass is 9.81. The molecule has 0 fully saturated rings. The molecule has 0 bridgehead atoms. The molecule has 2 aliphatic rings. The van der Waals surface area contributed by atoms with Gasteiger partial charge in [-0.15, -0.1) is 0 Å². The van der Waals surface area contributed by atoms with E-state index < -0.39 is 0 Å². The molecular weight excluding hydrogens is 607 g/mol. The summed E-state index contributed by atoms with van der Waals surface area (Å²) >= 11 is 0. The fraction of sp³-hybridized carbons (Fsp3) is 0.125. The zero-order valence-corrected chi connectivity index (χ0v) is 28.8. The average molecular weight is 644 g/mol. The summed E-state index contributed by atoms with van der Waals surface area (Å²) in [4.78, 5) is 2.52. The lowest BCUT2D eigenvalue weighted by Crippen LogP contribution is -2.21. The second-order valence-electron chi connectivity index (χ2n) is 14.9. The lowest BCUT2D eigenvalue weighted by molar-refractivity contribution is 0.659. The van der Waals surface area contributed by atoms with Crippen LogP contribution in [0.25, 0.3) is 55.3 Å². The maximum atomic E-state index is 6.45. The van der Waals surface area contributed by atoms with Crippen molar-refractivity contribution in [3.8, 4) is 33.4 Å². The molecule has 0 N–H and O–H groups in total. The largest absolute Gasteiger partial charge is 0.455 e. The highest BCUT2D eigenvalue weighted by Crippen LogP contribution is 2.58. The molecule has 2 nitrogen and oxygen atoms in total. The number of benzene rings is 7. The van der Waals surface area contributed by atoms with Crippen molar-refractivity contribution in [2.24, 2.45) is 0 Å². The smallest absolute Gasteiger partial charge is 0.143 e. The summed E-state index contributed by atoms with van der Waals surface area (Å²) in [6, 6.07) is 55.5. The Kier molecular flexibility index (Phi) is 6.01. The van der Waals surface area contributed by atoms with Crippen molar-refractivity contribution in [3.05, 3.63) is 174 Å². The number of furan rings is 1. The Hall–Kier alpha value is -5.86. The van der Waals surface area contributed by atoms with Crippen LogP contribution in [0.4, 0.5) is 17.1 Å². The lowest BCUT2D eigenvalue weighted by Gasteiger charge is -2.33. The third kappa shape index (κ3) is 3.91. The molecule has 2 aliphatic carbocycles. The van der Waals surface area contributed by atoms with Gasteiger partial charge in [0.2, 0.25) is 0 Å². The van der Waals surface area contributed by atoms with Crippen LogP contribution in [0.5, 0.6) is 0 Å². The van der Waals surface area contributed by atoms with Gasteiger partial charge in [0.1, 0.15) is 11.2 Å². The molecule has 0 saturated carbocycles. The van der Waals surface area contributed by atoms with Crippen molar-refractivity contribution in [1.82, 2.24) is 0 Å². The first-order chi connectivity index (χ1) is 24.3. The van der Waals surface area contributed by atoms with Crippen LogP contribution in [-0.4, -0.2) is 0 Å². The van der Waals surface area contributed by atoms with Gasteiger partial charge >= 0.3 is 0 Å². The first-order valence-corrected chi connectivity index (χ1v) is 17.6. The number of hydrogen-bond acceptors (Lipinski definition) is 2. The summed E-state index contributed by atoms with van der Waals surface area (Å²) in [5.41, 5.74) is 18.1. The van der Waals surface area contributed by atoms with Gasteiger partial charge in [0, 0.05) is 38.4 Å². The highest BCUT2D eigenvalue weighted by Gasteiger charge is 2.41. The van der Waals surface area contributed by atoms with Crippen LogP contribution in [0.3, 0.4) is 0 Å². The Morgan fingerprint density at radius 1 is 0.440 bits per heavy atom. The summed E-state index contributed by atoms with van der Waals surface area (Å²) in [7, 11) is 0. The number of rotatable bonds is 4. The Balaban J connectivity index is 1.21. The molecule has 240 valence electrons. The second kappa shape index (κ2) is 10.3. The quantitative estimate of drug-likeness (QED) is 0.190. The van der Waals surface area contributed by atoms with Gasteiger partial charge in [-0.3, -0.25) is 0 Å². The molecule has 8 aromatic rings. The molecule has 0 radical (unpaired) electrons. The van der Waals surface area contributed by atoms with Gasteiger partial charge < -0.3 is 9.32 Å². The summed E-state index contributed by atoms with van der Waals surface area (Å²) < 4.78 is 6.45. The molecule has 7 aromatic carbocycles. The average Bonchev–Trinajstić information content (AvgIpc) is 3.73. The minimum atomic E-state index is -0.174. The van der Waals surface area contributed by atoms with Crippen LogP contribution in [0.1, 0.15) is 49.9 Å². The maximum absolute atomic E-state index is 6.45. The Morgan fingerprint density at radius 2 is 1.02 bits per heavy atom. The summed E-state index contributed by atoms with van der Waals surface area (Å²) in [6.45, 7) is 9.48. The molecule has 0 atom stereocenters. The van der Waals surface area contributed by atoms with E-state index in [9.17, 15) is 0 Å². The van der Waals surface area contributed by atoms with Gasteiger partial charge in [-0.25, -0.2) is 0 Å². The van der Waals surface area contributed by atoms with E-state index >= 15 is 0 Å². The topological polar surface area (TPSA) is 16.4 Å². The van der Waals surface area contributed by atoms with Crippen LogP contribution < -0.4 is 4.90 Å². The molecule has 1 heterocycles. The molecule has 0 amide bonds. The first kappa shape index (κ1) is 29.1. The zero-order valence-electron chi connectivity index (χ0n) is 28.8. The molecule has 2 heteroatoms. The molecular formula is C48H37NO.